The first-order valence-electron chi connectivity index (χ1n) is 7.64. The molecule has 0 saturated carbocycles. The van der Waals surface area contributed by atoms with E-state index in [9.17, 15) is 13.2 Å². The van der Waals surface area contributed by atoms with Crippen molar-refractivity contribution >= 4 is 10.0 Å². The van der Waals surface area contributed by atoms with Crippen molar-refractivity contribution in [3.05, 3.63) is 70.7 Å². The van der Waals surface area contributed by atoms with Crippen molar-refractivity contribution < 1.29 is 12.8 Å². The minimum Gasteiger partial charge on any atom is -0.463 e. The molecule has 130 valence electrons. The molecule has 25 heavy (non-hydrogen) atoms. The molecule has 3 aromatic rings. The Morgan fingerprint density at radius 2 is 2.00 bits per heavy atom. The molecule has 2 aromatic heterocycles. The van der Waals surface area contributed by atoms with Gasteiger partial charge in [-0.05, 0) is 42.8 Å². The Labute approximate surface area is 145 Å². The highest BCUT2D eigenvalue weighted by Crippen LogP contribution is 2.15. The zero-order chi connectivity index (χ0) is 17.9. The Morgan fingerprint density at radius 1 is 1.16 bits per heavy atom. The lowest BCUT2D eigenvalue weighted by molar-refractivity contribution is 0.539. The van der Waals surface area contributed by atoms with Crippen LogP contribution in [-0.2, 0) is 16.6 Å². The van der Waals surface area contributed by atoms with E-state index in [4.69, 9.17) is 4.42 Å². The van der Waals surface area contributed by atoms with Crippen molar-refractivity contribution in [2.75, 3.05) is 6.54 Å². The predicted molar refractivity (Wildman–Crippen MR) is 92.6 cm³/mol. The second-order valence-corrected chi connectivity index (χ2v) is 7.24. The van der Waals surface area contributed by atoms with Gasteiger partial charge in [0.05, 0.1) is 17.7 Å². The van der Waals surface area contributed by atoms with E-state index in [1.54, 1.807) is 30.3 Å². The Kier molecular flexibility index (Phi) is 4.82. The minimum absolute atomic E-state index is 0.0464. The average Bonchev–Trinajstić information content (AvgIpc) is 3.11. The van der Waals surface area contributed by atoms with Crippen LogP contribution in [0.4, 0.5) is 0 Å². The van der Waals surface area contributed by atoms with Gasteiger partial charge in [0.1, 0.15) is 5.69 Å². The van der Waals surface area contributed by atoms with Gasteiger partial charge in [-0.1, -0.05) is 12.1 Å². The minimum atomic E-state index is -3.63. The SMILES string of the molecule is Cc1cccc(S(=O)(=O)NCCn2nc(-c3ccco3)ccc2=O)c1. The number of benzene rings is 1. The van der Waals surface area contributed by atoms with E-state index < -0.39 is 10.0 Å². The summed E-state index contributed by atoms with van der Waals surface area (Å²) in [7, 11) is -3.63. The third kappa shape index (κ3) is 4.04. The summed E-state index contributed by atoms with van der Waals surface area (Å²) in [6.45, 7) is 1.98. The quantitative estimate of drug-likeness (QED) is 0.724. The highest BCUT2D eigenvalue weighted by atomic mass is 32.2. The van der Waals surface area contributed by atoms with Crippen LogP contribution >= 0.6 is 0 Å². The summed E-state index contributed by atoms with van der Waals surface area (Å²) in [6, 6.07) is 13.0. The molecule has 0 saturated heterocycles. The molecule has 7 nitrogen and oxygen atoms in total. The highest BCUT2D eigenvalue weighted by Gasteiger charge is 2.13. The van der Waals surface area contributed by atoms with E-state index in [1.807, 2.05) is 13.0 Å². The van der Waals surface area contributed by atoms with Crippen LogP contribution in [-0.4, -0.2) is 24.7 Å². The van der Waals surface area contributed by atoms with Gasteiger partial charge in [-0.25, -0.2) is 17.8 Å². The van der Waals surface area contributed by atoms with E-state index in [-0.39, 0.29) is 23.5 Å². The van der Waals surface area contributed by atoms with Gasteiger partial charge in [0.25, 0.3) is 5.56 Å². The lowest BCUT2D eigenvalue weighted by Gasteiger charge is -2.09. The standard InChI is InChI=1S/C17H17N3O4S/c1-13-4-2-5-14(12-13)25(22,23)18-9-10-20-17(21)8-7-15(19-20)16-6-3-11-24-16/h2-8,11-12,18H,9-10H2,1H3. The van der Waals surface area contributed by atoms with Crippen molar-refractivity contribution in [1.82, 2.24) is 14.5 Å². The topological polar surface area (TPSA) is 94.2 Å². The van der Waals surface area contributed by atoms with Gasteiger partial charge in [0, 0.05) is 12.6 Å². The Balaban J connectivity index is 1.72. The van der Waals surface area contributed by atoms with E-state index in [0.29, 0.717) is 11.5 Å². The molecule has 0 aliphatic heterocycles. The monoisotopic (exact) mass is 359 g/mol. The third-order valence-corrected chi connectivity index (χ3v) is 5.01. The fourth-order valence-electron chi connectivity index (χ4n) is 2.32. The van der Waals surface area contributed by atoms with E-state index in [1.165, 1.54) is 23.1 Å². The van der Waals surface area contributed by atoms with Crippen LogP contribution in [0.25, 0.3) is 11.5 Å². The Bertz CT molecular complexity index is 1020. The van der Waals surface area contributed by atoms with E-state index in [0.717, 1.165) is 5.56 Å². The molecule has 0 atom stereocenters. The third-order valence-electron chi connectivity index (χ3n) is 3.56. The summed E-state index contributed by atoms with van der Waals surface area (Å²) in [5.74, 6) is 0.536. The molecule has 0 amide bonds. The number of aromatic nitrogens is 2. The molecule has 2 heterocycles. The first-order chi connectivity index (χ1) is 12.0. The summed E-state index contributed by atoms with van der Waals surface area (Å²) in [4.78, 5) is 12.1. The van der Waals surface area contributed by atoms with Crippen LogP contribution < -0.4 is 10.3 Å². The van der Waals surface area contributed by atoms with Crippen molar-refractivity contribution in [1.29, 1.82) is 0 Å². The van der Waals surface area contributed by atoms with Crippen LogP contribution in [0, 0.1) is 6.92 Å². The molecule has 0 aliphatic rings. The van der Waals surface area contributed by atoms with Crippen LogP contribution in [0.2, 0.25) is 0 Å². The number of hydrogen-bond donors (Lipinski definition) is 1. The molecule has 0 aliphatic carbocycles. The molecule has 1 aromatic carbocycles. The number of nitrogens with zero attached hydrogens (tertiary/aromatic N) is 2. The maximum absolute atomic E-state index is 12.3. The van der Waals surface area contributed by atoms with Crippen molar-refractivity contribution in [2.24, 2.45) is 0 Å². The van der Waals surface area contributed by atoms with Crippen LogP contribution in [0.5, 0.6) is 0 Å². The molecular weight excluding hydrogens is 342 g/mol. The number of aryl methyl sites for hydroxylation is 1. The zero-order valence-corrected chi connectivity index (χ0v) is 14.4. The van der Waals surface area contributed by atoms with Crippen molar-refractivity contribution in [3.63, 3.8) is 0 Å². The molecule has 3 rings (SSSR count). The average molecular weight is 359 g/mol. The first kappa shape index (κ1) is 17.1. The molecule has 1 N–H and O–H groups in total. The van der Waals surface area contributed by atoms with Crippen molar-refractivity contribution in [2.45, 2.75) is 18.4 Å². The smallest absolute Gasteiger partial charge is 0.266 e. The van der Waals surface area contributed by atoms with Gasteiger partial charge in [-0.15, -0.1) is 0 Å². The lowest BCUT2D eigenvalue weighted by Crippen LogP contribution is -2.32. The van der Waals surface area contributed by atoms with Gasteiger partial charge >= 0.3 is 0 Å². The molecule has 0 bridgehead atoms. The molecule has 8 heteroatoms. The fourth-order valence-corrected chi connectivity index (χ4v) is 3.44. The van der Waals surface area contributed by atoms with Crippen LogP contribution in [0.1, 0.15) is 5.56 Å². The first-order valence-corrected chi connectivity index (χ1v) is 9.12. The summed E-state index contributed by atoms with van der Waals surface area (Å²) < 4.78 is 33.5. The molecule has 0 fully saturated rings. The molecule has 0 unspecified atom stereocenters. The van der Waals surface area contributed by atoms with Gasteiger partial charge in [-0.3, -0.25) is 4.79 Å². The number of hydrogen-bond acceptors (Lipinski definition) is 5. The second-order valence-electron chi connectivity index (χ2n) is 5.47. The number of sulfonamides is 1. The fraction of sp³-hybridized carbons (Fsp3) is 0.176. The van der Waals surface area contributed by atoms with Crippen LogP contribution in [0.3, 0.4) is 0 Å². The molecular formula is C17H17N3O4S. The normalized spacial score (nSPS) is 11.6. The maximum atomic E-state index is 12.3. The molecule has 0 spiro atoms. The maximum Gasteiger partial charge on any atom is 0.266 e. The Hall–Kier alpha value is -2.71. The van der Waals surface area contributed by atoms with Gasteiger partial charge in [0.15, 0.2) is 5.76 Å². The highest BCUT2D eigenvalue weighted by molar-refractivity contribution is 7.89. The largest absolute Gasteiger partial charge is 0.463 e. The van der Waals surface area contributed by atoms with Crippen LogP contribution in [0.15, 0.2) is 68.9 Å². The summed E-state index contributed by atoms with van der Waals surface area (Å²) in [5, 5.41) is 4.20. The number of rotatable bonds is 6. The number of nitrogens with one attached hydrogen (secondary N) is 1. The predicted octanol–water partition coefficient (Wildman–Crippen LogP) is 1.79. The van der Waals surface area contributed by atoms with Gasteiger partial charge in [-0.2, -0.15) is 5.10 Å². The summed E-state index contributed by atoms with van der Waals surface area (Å²) >= 11 is 0. The zero-order valence-electron chi connectivity index (χ0n) is 13.5. The summed E-state index contributed by atoms with van der Waals surface area (Å²) in [6.07, 6.45) is 1.52. The second kappa shape index (κ2) is 7.04. The van der Waals surface area contributed by atoms with E-state index >= 15 is 0 Å². The number of furan rings is 1. The van der Waals surface area contributed by atoms with E-state index in [2.05, 4.69) is 9.82 Å². The lowest BCUT2D eigenvalue weighted by atomic mass is 10.2. The van der Waals surface area contributed by atoms with Gasteiger partial charge < -0.3 is 4.42 Å². The van der Waals surface area contributed by atoms with Gasteiger partial charge in [0.2, 0.25) is 10.0 Å². The van der Waals surface area contributed by atoms with Crippen molar-refractivity contribution in [3.8, 4) is 11.5 Å². The molecule has 0 radical (unpaired) electrons. The Morgan fingerprint density at radius 3 is 2.72 bits per heavy atom. The summed E-state index contributed by atoms with van der Waals surface area (Å²) in [5.41, 5.74) is 1.04.